The van der Waals surface area contributed by atoms with Gasteiger partial charge in [0.15, 0.2) is 0 Å². The van der Waals surface area contributed by atoms with E-state index in [0.717, 1.165) is 23.5 Å². The standard InChI is InChI=1S/C21H18F4N2O2S/c1-12(14-4-3-5-15(10-14)21(23,24)25)27-20(28)19-13(2)26-18(30-19)11-29-17-8-6-16(22)7-9-17/h3-10,12H,11H2,1-2H3,(H,27,28). The summed E-state index contributed by atoms with van der Waals surface area (Å²) in [6.45, 7) is 3.39. The summed E-state index contributed by atoms with van der Waals surface area (Å²) in [4.78, 5) is 17.3. The molecule has 0 radical (unpaired) electrons. The Bertz CT molecular complexity index is 1030. The first kappa shape index (κ1) is 21.8. The maximum Gasteiger partial charge on any atom is 0.416 e. The highest BCUT2D eigenvalue weighted by Crippen LogP contribution is 2.31. The number of carbonyl (C=O) groups excluding carboxylic acids is 1. The molecule has 1 atom stereocenters. The fourth-order valence-corrected chi connectivity index (χ4v) is 3.61. The summed E-state index contributed by atoms with van der Waals surface area (Å²) in [6, 6.07) is 9.74. The largest absolute Gasteiger partial charge is 0.486 e. The second kappa shape index (κ2) is 8.83. The molecule has 0 bridgehead atoms. The molecule has 0 fully saturated rings. The van der Waals surface area contributed by atoms with Crippen LogP contribution in [0.5, 0.6) is 5.75 Å². The number of hydrogen-bond acceptors (Lipinski definition) is 4. The monoisotopic (exact) mass is 438 g/mol. The fourth-order valence-electron chi connectivity index (χ4n) is 2.73. The van der Waals surface area contributed by atoms with Crippen LogP contribution in [0.4, 0.5) is 17.6 Å². The molecule has 1 N–H and O–H groups in total. The van der Waals surface area contributed by atoms with Crippen molar-refractivity contribution in [2.45, 2.75) is 32.7 Å². The van der Waals surface area contributed by atoms with Crippen molar-refractivity contribution in [3.05, 3.63) is 81.1 Å². The van der Waals surface area contributed by atoms with E-state index in [2.05, 4.69) is 10.3 Å². The number of halogens is 4. The molecule has 158 valence electrons. The van der Waals surface area contributed by atoms with Crippen LogP contribution in [-0.2, 0) is 12.8 Å². The van der Waals surface area contributed by atoms with Gasteiger partial charge in [0.05, 0.1) is 17.3 Å². The normalized spacial score (nSPS) is 12.5. The van der Waals surface area contributed by atoms with Gasteiger partial charge < -0.3 is 10.1 Å². The van der Waals surface area contributed by atoms with E-state index >= 15 is 0 Å². The third-order valence-corrected chi connectivity index (χ3v) is 5.41. The molecule has 0 aliphatic carbocycles. The second-order valence-corrected chi connectivity index (χ2v) is 7.67. The molecule has 0 saturated carbocycles. The van der Waals surface area contributed by atoms with E-state index in [0.29, 0.717) is 26.9 Å². The molecule has 3 aromatic rings. The molecule has 9 heteroatoms. The van der Waals surface area contributed by atoms with Crippen LogP contribution in [0.3, 0.4) is 0 Å². The Labute approximate surface area is 174 Å². The van der Waals surface area contributed by atoms with Crippen LogP contribution in [0, 0.1) is 12.7 Å². The number of thiazole rings is 1. The highest BCUT2D eigenvalue weighted by atomic mass is 32.1. The van der Waals surface area contributed by atoms with Crippen molar-refractivity contribution in [2.75, 3.05) is 0 Å². The average Bonchev–Trinajstić information content (AvgIpc) is 3.07. The Morgan fingerprint density at radius 3 is 2.57 bits per heavy atom. The topological polar surface area (TPSA) is 51.2 Å². The molecule has 0 saturated heterocycles. The van der Waals surface area contributed by atoms with Gasteiger partial charge in [-0.25, -0.2) is 9.37 Å². The van der Waals surface area contributed by atoms with Crippen LogP contribution in [-0.4, -0.2) is 10.9 Å². The summed E-state index contributed by atoms with van der Waals surface area (Å²) in [5.41, 5.74) is 0.0713. The fraction of sp³-hybridized carbons (Fsp3) is 0.238. The number of benzene rings is 2. The molecule has 1 heterocycles. The molecule has 1 aromatic heterocycles. The maximum atomic E-state index is 12.9. The quantitative estimate of drug-likeness (QED) is 0.504. The highest BCUT2D eigenvalue weighted by Gasteiger charge is 2.31. The van der Waals surface area contributed by atoms with Crippen LogP contribution in [0.2, 0.25) is 0 Å². The number of alkyl halides is 3. The number of nitrogens with one attached hydrogen (secondary N) is 1. The number of aromatic nitrogens is 1. The molecule has 0 aliphatic rings. The Hall–Kier alpha value is -2.94. The smallest absolute Gasteiger partial charge is 0.416 e. The van der Waals surface area contributed by atoms with Gasteiger partial charge in [-0.15, -0.1) is 11.3 Å². The number of nitrogens with zero attached hydrogens (tertiary/aromatic N) is 1. The number of aryl methyl sites for hydroxylation is 1. The SMILES string of the molecule is Cc1nc(COc2ccc(F)cc2)sc1C(=O)NC(C)c1cccc(C(F)(F)F)c1. The number of hydrogen-bond donors (Lipinski definition) is 1. The van der Waals surface area contributed by atoms with Gasteiger partial charge >= 0.3 is 6.18 Å². The first-order valence-corrected chi connectivity index (χ1v) is 9.78. The predicted molar refractivity (Wildman–Crippen MR) is 105 cm³/mol. The van der Waals surface area contributed by atoms with Gasteiger partial charge in [0, 0.05) is 0 Å². The summed E-state index contributed by atoms with van der Waals surface area (Å²) >= 11 is 1.13. The zero-order valence-corrected chi connectivity index (χ0v) is 16.9. The van der Waals surface area contributed by atoms with Crippen molar-refractivity contribution in [3.63, 3.8) is 0 Å². The summed E-state index contributed by atoms with van der Waals surface area (Å²) in [5, 5.41) is 3.26. The summed E-state index contributed by atoms with van der Waals surface area (Å²) < 4.78 is 57.2. The Kier molecular flexibility index (Phi) is 6.40. The van der Waals surface area contributed by atoms with Gasteiger partial charge in [0.2, 0.25) is 0 Å². The van der Waals surface area contributed by atoms with E-state index in [1.165, 1.54) is 36.4 Å². The van der Waals surface area contributed by atoms with Gasteiger partial charge in [-0.2, -0.15) is 13.2 Å². The van der Waals surface area contributed by atoms with Crippen molar-refractivity contribution in [3.8, 4) is 5.75 Å². The van der Waals surface area contributed by atoms with Crippen molar-refractivity contribution in [2.24, 2.45) is 0 Å². The minimum Gasteiger partial charge on any atom is -0.486 e. The Balaban J connectivity index is 1.66. The lowest BCUT2D eigenvalue weighted by Crippen LogP contribution is -2.26. The van der Waals surface area contributed by atoms with E-state index in [4.69, 9.17) is 4.74 Å². The minimum absolute atomic E-state index is 0.105. The first-order chi connectivity index (χ1) is 14.1. The lowest BCUT2D eigenvalue weighted by atomic mass is 10.0. The maximum absolute atomic E-state index is 12.9. The predicted octanol–water partition coefficient (Wildman–Crippen LogP) is 5.68. The number of rotatable bonds is 6. The molecular formula is C21H18F4N2O2S. The number of amides is 1. The van der Waals surface area contributed by atoms with Crippen LogP contribution in [0.1, 0.15) is 44.5 Å². The summed E-state index contributed by atoms with van der Waals surface area (Å²) in [6.07, 6.45) is -4.45. The molecule has 30 heavy (non-hydrogen) atoms. The Morgan fingerprint density at radius 1 is 1.20 bits per heavy atom. The van der Waals surface area contributed by atoms with E-state index in [1.807, 2.05) is 0 Å². The molecule has 1 amide bonds. The minimum atomic E-state index is -4.45. The molecule has 0 aliphatic heterocycles. The molecule has 3 rings (SSSR count). The van der Waals surface area contributed by atoms with Crippen molar-refractivity contribution in [1.29, 1.82) is 0 Å². The van der Waals surface area contributed by atoms with Crippen LogP contribution >= 0.6 is 11.3 Å². The number of ether oxygens (including phenoxy) is 1. The second-order valence-electron chi connectivity index (χ2n) is 6.58. The number of carbonyl (C=O) groups is 1. The van der Waals surface area contributed by atoms with Crippen molar-refractivity contribution < 1.29 is 27.1 Å². The van der Waals surface area contributed by atoms with E-state index in [-0.39, 0.29) is 12.4 Å². The lowest BCUT2D eigenvalue weighted by Gasteiger charge is -2.16. The van der Waals surface area contributed by atoms with E-state index in [1.54, 1.807) is 13.8 Å². The zero-order chi connectivity index (χ0) is 21.9. The highest BCUT2D eigenvalue weighted by molar-refractivity contribution is 7.13. The van der Waals surface area contributed by atoms with Crippen molar-refractivity contribution in [1.82, 2.24) is 10.3 Å². The van der Waals surface area contributed by atoms with Crippen molar-refractivity contribution >= 4 is 17.2 Å². The van der Waals surface area contributed by atoms with E-state index < -0.39 is 23.7 Å². The van der Waals surface area contributed by atoms with Crippen LogP contribution < -0.4 is 10.1 Å². The van der Waals surface area contributed by atoms with Gasteiger partial charge in [-0.1, -0.05) is 12.1 Å². The van der Waals surface area contributed by atoms with Gasteiger partial charge in [0.1, 0.15) is 28.1 Å². The molecular weight excluding hydrogens is 420 g/mol. The summed E-state index contributed by atoms with van der Waals surface area (Å²) in [7, 11) is 0. The van der Waals surface area contributed by atoms with Gasteiger partial charge in [0.25, 0.3) is 5.91 Å². The molecule has 2 aromatic carbocycles. The third kappa shape index (κ3) is 5.35. The zero-order valence-electron chi connectivity index (χ0n) is 16.1. The average molecular weight is 438 g/mol. The third-order valence-electron chi connectivity index (χ3n) is 4.28. The summed E-state index contributed by atoms with van der Waals surface area (Å²) in [5.74, 6) is -0.336. The van der Waals surface area contributed by atoms with Gasteiger partial charge in [-0.05, 0) is 55.8 Å². The van der Waals surface area contributed by atoms with Crippen LogP contribution in [0.25, 0.3) is 0 Å². The molecule has 4 nitrogen and oxygen atoms in total. The first-order valence-electron chi connectivity index (χ1n) is 8.96. The lowest BCUT2D eigenvalue weighted by molar-refractivity contribution is -0.137. The van der Waals surface area contributed by atoms with E-state index in [9.17, 15) is 22.4 Å². The van der Waals surface area contributed by atoms with Gasteiger partial charge in [-0.3, -0.25) is 4.79 Å². The molecule has 0 spiro atoms. The Morgan fingerprint density at radius 2 is 1.90 bits per heavy atom. The molecule has 1 unspecified atom stereocenters. The van der Waals surface area contributed by atoms with Crippen LogP contribution in [0.15, 0.2) is 48.5 Å².